The first-order chi connectivity index (χ1) is 9.61. The first kappa shape index (κ1) is 15.2. The lowest BCUT2D eigenvalue weighted by Gasteiger charge is -2.40. The van der Waals surface area contributed by atoms with E-state index in [9.17, 15) is 0 Å². The van der Waals surface area contributed by atoms with E-state index >= 15 is 0 Å². The van der Waals surface area contributed by atoms with Crippen LogP contribution in [-0.4, -0.2) is 25.1 Å². The Bertz CT molecular complexity index is 414. The average molecular weight is 276 g/mol. The predicted molar refractivity (Wildman–Crippen MR) is 79.3 cm³/mol. The second-order valence-corrected chi connectivity index (χ2v) is 5.65. The van der Waals surface area contributed by atoms with Crippen LogP contribution in [0.5, 0.6) is 0 Å². The number of hydrogen-bond donors (Lipinski definition) is 0. The summed E-state index contributed by atoms with van der Waals surface area (Å²) in [6.07, 6.45) is 2.86. The molecule has 110 valence electrons. The van der Waals surface area contributed by atoms with Crippen LogP contribution in [0.2, 0.25) is 0 Å². The van der Waals surface area contributed by atoms with Gasteiger partial charge in [-0.15, -0.1) is 6.58 Å². The molecular formula is C17H24O3. The molecule has 0 spiro atoms. The first-order valence-electron chi connectivity index (χ1n) is 7.15. The lowest BCUT2D eigenvalue weighted by atomic mass is 9.98. The number of ether oxygens (including phenoxy) is 3. The maximum absolute atomic E-state index is 5.98. The number of allylic oxidation sites excluding steroid dienone is 1. The minimum Gasteiger partial charge on any atom is -0.374 e. The molecule has 1 aromatic rings. The van der Waals surface area contributed by atoms with Crippen LogP contribution in [0.1, 0.15) is 25.8 Å². The van der Waals surface area contributed by atoms with Crippen LogP contribution in [0, 0.1) is 5.92 Å². The molecule has 3 nitrogen and oxygen atoms in total. The van der Waals surface area contributed by atoms with Crippen LogP contribution in [0.4, 0.5) is 0 Å². The summed E-state index contributed by atoms with van der Waals surface area (Å²) in [5, 5.41) is 0. The molecule has 0 unspecified atom stereocenters. The Kier molecular flexibility index (Phi) is 5.35. The van der Waals surface area contributed by atoms with Crippen LogP contribution in [0.3, 0.4) is 0 Å². The molecule has 1 fully saturated rings. The van der Waals surface area contributed by atoms with Crippen LogP contribution in [-0.2, 0) is 20.8 Å². The molecule has 1 aliphatic heterocycles. The van der Waals surface area contributed by atoms with Crippen molar-refractivity contribution < 1.29 is 14.2 Å². The molecule has 1 aliphatic rings. The molecule has 3 heteroatoms. The minimum absolute atomic E-state index is 0.0560. The van der Waals surface area contributed by atoms with Crippen molar-refractivity contribution in [1.29, 1.82) is 0 Å². The number of hydrogen-bond acceptors (Lipinski definition) is 3. The quantitative estimate of drug-likeness (QED) is 0.744. The van der Waals surface area contributed by atoms with Gasteiger partial charge < -0.3 is 14.2 Å². The topological polar surface area (TPSA) is 27.7 Å². The van der Waals surface area contributed by atoms with E-state index in [4.69, 9.17) is 14.2 Å². The summed E-state index contributed by atoms with van der Waals surface area (Å²) >= 11 is 0. The van der Waals surface area contributed by atoms with E-state index in [-0.39, 0.29) is 6.10 Å². The molecule has 1 saturated heterocycles. The Morgan fingerprint density at radius 2 is 2.10 bits per heavy atom. The van der Waals surface area contributed by atoms with Crippen LogP contribution in [0.15, 0.2) is 43.0 Å². The van der Waals surface area contributed by atoms with Crippen molar-refractivity contribution in [3.63, 3.8) is 0 Å². The van der Waals surface area contributed by atoms with E-state index in [0.29, 0.717) is 25.7 Å². The average Bonchev–Trinajstić information content (AvgIpc) is 2.43. The van der Waals surface area contributed by atoms with Gasteiger partial charge in [-0.2, -0.15) is 0 Å². The maximum Gasteiger partial charge on any atom is 0.163 e. The standard InChI is InChI=1S/C17H24O3/c1-4-8-15-12-19-17(2,3)20-16(15)13-18-11-14-9-6-5-7-10-14/h4-7,9-10,15-16H,1,8,11-13H2,2-3H3/t15-,16-/m1/s1. The van der Waals surface area contributed by atoms with Gasteiger partial charge >= 0.3 is 0 Å². The van der Waals surface area contributed by atoms with E-state index in [0.717, 1.165) is 6.42 Å². The van der Waals surface area contributed by atoms with E-state index in [1.165, 1.54) is 5.56 Å². The van der Waals surface area contributed by atoms with Gasteiger partial charge in [0, 0.05) is 5.92 Å². The van der Waals surface area contributed by atoms with Gasteiger partial charge in [-0.05, 0) is 25.8 Å². The van der Waals surface area contributed by atoms with Gasteiger partial charge in [-0.25, -0.2) is 0 Å². The molecule has 0 aromatic heterocycles. The molecule has 0 N–H and O–H groups in total. The van der Waals surface area contributed by atoms with Gasteiger partial charge in [0.15, 0.2) is 5.79 Å². The smallest absolute Gasteiger partial charge is 0.163 e. The highest BCUT2D eigenvalue weighted by Gasteiger charge is 2.35. The maximum atomic E-state index is 5.98. The summed E-state index contributed by atoms with van der Waals surface area (Å²) in [5.74, 6) is -0.213. The van der Waals surface area contributed by atoms with Crippen molar-refractivity contribution in [2.45, 2.75) is 38.8 Å². The molecule has 2 atom stereocenters. The van der Waals surface area contributed by atoms with Crippen molar-refractivity contribution >= 4 is 0 Å². The number of rotatable bonds is 6. The van der Waals surface area contributed by atoms with E-state index < -0.39 is 5.79 Å². The van der Waals surface area contributed by atoms with Crippen molar-refractivity contribution in [3.05, 3.63) is 48.6 Å². The van der Waals surface area contributed by atoms with Gasteiger partial charge in [0.25, 0.3) is 0 Å². The van der Waals surface area contributed by atoms with Gasteiger partial charge in [0.1, 0.15) is 0 Å². The summed E-state index contributed by atoms with van der Waals surface area (Å²) in [7, 11) is 0. The molecule has 0 radical (unpaired) electrons. The highest BCUT2D eigenvalue weighted by molar-refractivity contribution is 5.13. The second kappa shape index (κ2) is 7.02. The lowest BCUT2D eigenvalue weighted by Crippen LogP contribution is -2.47. The Hall–Kier alpha value is -1.16. The molecular weight excluding hydrogens is 252 g/mol. The van der Waals surface area contributed by atoms with Crippen molar-refractivity contribution in [2.24, 2.45) is 5.92 Å². The Morgan fingerprint density at radius 1 is 1.35 bits per heavy atom. The van der Waals surface area contributed by atoms with Crippen molar-refractivity contribution in [1.82, 2.24) is 0 Å². The zero-order valence-corrected chi connectivity index (χ0v) is 12.4. The van der Waals surface area contributed by atoms with Gasteiger partial charge in [-0.1, -0.05) is 36.4 Å². The molecule has 0 aliphatic carbocycles. The highest BCUT2D eigenvalue weighted by Crippen LogP contribution is 2.28. The molecule has 20 heavy (non-hydrogen) atoms. The van der Waals surface area contributed by atoms with Crippen molar-refractivity contribution in [3.8, 4) is 0 Å². The summed E-state index contributed by atoms with van der Waals surface area (Å²) in [4.78, 5) is 0. The van der Waals surface area contributed by atoms with E-state index in [1.54, 1.807) is 0 Å². The summed E-state index contributed by atoms with van der Waals surface area (Å²) < 4.78 is 17.5. The Morgan fingerprint density at radius 3 is 2.80 bits per heavy atom. The molecule has 1 aromatic carbocycles. The van der Waals surface area contributed by atoms with Crippen LogP contribution >= 0.6 is 0 Å². The zero-order chi connectivity index (χ0) is 14.4. The summed E-state index contributed by atoms with van der Waals surface area (Å²) in [6, 6.07) is 10.2. The third-order valence-corrected chi connectivity index (χ3v) is 3.47. The largest absolute Gasteiger partial charge is 0.374 e. The predicted octanol–water partition coefficient (Wildman–Crippen LogP) is 3.55. The molecule has 2 rings (SSSR count). The molecule has 0 saturated carbocycles. The SMILES string of the molecule is C=CC[C@@H]1COC(C)(C)O[C@@H]1COCc1ccccc1. The normalized spacial score (nSPS) is 25.3. The van der Waals surface area contributed by atoms with Gasteiger partial charge in [0.2, 0.25) is 0 Å². The lowest BCUT2D eigenvalue weighted by molar-refractivity contribution is -0.299. The fourth-order valence-electron chi connectivity index (χ4n) is 2.38. The van der Waals surface area contributed by atoms with Crippen LogP contribution < -0.4 is 0 Å². The fraction of sp³-hybridized carbons (Fsp3) is 0.529. The minimum atomic E-state index is -0.529. The third kappa shape index (κ3) is 4.44. The Balaban J connectivity index is 1.85. The fourth-order valence-corrected chi connectivity index (χ4v) is 2.38. The van der Waals surface area contributed by atoms with Crippen LogP contribution in [0.25, 0.3) is 0 Å². The number of benzene rings is 1. The molecule has 0 amide bonds. The third-order valence-electron chi connectivity index (χ3n) is 3.47. The van der Waals surface area contributed by atoms with E-state index in [1.807, 2.05) is 38.1 Å². The van der Waals surface area contributed by atoms with Crippen molar-refractivity contribution in [2.75, 3.05) is 13.2 Å². The Labute approximate surface area is 121 Å². The molecule has 0 bridgehead atoms. The molecule has 1 heterocycles. The highest BCUT2D eigenvalue weighted by atomic mass is 16.7. The van der Waals surface area contributed by atoms with Gasteiger partial charge in [-0.3, -0.25) is 0 Å². The zero-order valence-electron chi connectivity index (χ0n) is 12.4. The summed E-state index contributed by atoms with van der Waals surface area (Å²) in [6.45, 7) is 9.58. The summed E-state index contributed by atoms with van der Waals surface area (Å²) in [5.41, 5.74) is 1.18. The monoisotopic (exact) mass is 276 g/mol. The van der Waals surface area contributed by atoms with Gasteiger partial charge in [0.05, 0.1) is 25.9 Å². The van der Waals surface area contributed by atoms with E-state index in [2.05, 4.69) is 18.7 Å². The second-order valence-electron chi connectivity index (χ2n) is 5.65. The first-order valence-corrected chi connectivity index (χ1v) is 7.15.